The summed E-state index contributed by atoms with van der Waals surface area (Å²) in [6.07, 6.45) is -3.07. The first-order chi connectivity index (χ1) is 13.6. The number of halogens is 3. The van der Waals surface area contributed by atoms with Gasteiger partial charge >= 0.3 is 12.2 Å². The van der Waals surface area contributed by atoms with Gasteiger partial charge in [0.15, 0.2) is 5.69 Å². The van der Waals surface area contributed by atoms with Crippen molar-refractivity contribution in [2.24, 2.45) is 5.41 Å². The third-order valence-corrected chi connectivity index (χ3v) is 7.36. The average molecular weight is 429 g/mol. The van der Waals surface area contributed by atoms with E-state index in [0.29, 0.717) is 44.2 Å². The maximum Gasteiger partial charge on any atom is 0.434 e. The van der Waals surface area contributed by atoms with Gasteiger partial charge in [0.05, 0.1) is 12.1 Å². The molecule has 158 valence electrons. The Bertz CT molecular complexity index is 865. The smallest absolute Gasteiger partial charge is 0.347 e. The first kappa shape index (κ1) is 19.1. The number of amides is 3. The number of urea groups is 1. The van der Waals surface area contributed by atoms with Crippen molar-refractivity contribution in [1.29, 1.82) is 0 Å². The molecule has 0 unspecified atom stereocenters. The molecule has 3 amide bonds. The van der Waals surface area contributed by atoms with Crippen LogP contribution in [0, 0.1) is 12.3 Å². The molecule has 0 atom stereocenters. The van der Waals surface area contributed by atoms with Crippen LogP contribution in [-0.2, 0) is 17.5 Å². The van der Waals surface area contributed by atoms with Gasteiger partial charge < -0.3 is 15.1 Å². The zero-order valence-electron chi connectivity index (χ0n) is 16.0. The molecule has 4 aliphatic rings. The second kappa shape index (κ2) is 6.07. The minimum atomic E-state index is -4.40. The lowest BCUT2D eigenvalue weighted by molar-refractivity contribution is -0.141. The first-order valence-electron chi connectivity index (χ1n) is 9.67. The summed E-state index contributed by atoms with van der Waals surface area (Å²) in [7, 11) is 0. The van der Waals surface area contributed by atoms with Gasteiger partial charge in [-0.05, 0) is 13.3 Å². The maximum atomic E-state index is 12.9. The Kier molecular flexibility index (Phi) is 4.00. The highest BCUT2D eigenvalue weighted by Crippen LogP contribution is 2.42. The van der Waals surface area contributed by atoms with Gasteiger partial charge in [0.25, 0.3) is 0 Å². The van der Waals surface area contributed by atoms with E-state index in [0.717, 1.165) is 30.8 Å². The number of rotatable bonds is 2. The number of nitrogens with zero attached hydrogens (tertiary/aromatic N) is 4. The Morgan fingerprint density at radius 3 is 2.38 bits per heavy atom. The van der Waals surface area contributed by atoms with Crippen LogP contribution in [0.1, 0.15) is 28.4 Å². The number of thiazole rings is 1. The standard InChI is InChI=1S/C18H22F3N5O2S/c1-11-14(18(19,20)21)22-13(29-11)4-24-5-16(6-24)7-25(8-16)15(28)26-9-17(10-26)3-2-12(27)23-17/h2-10H2,1H3,(H,23,27). The van der Waals surface area contributed by atoms with Crippen molar-refractivity contribution < 1.29 is 22.8 Å². The van der Waals surface area contributed by atoms with Gasteiger partial charge in [-0.1, -0.05) is 0 Å². The minimum absolute atomic E-state index is 0.0196. The molecule has 7 nitrogen and oxygen atoms in total. The van der Waals surface area contributed by atoms with Crippen LogP contribution in [0.2, 0.25) is 0 Å². The minimum Gasteiger partial charge on any atom is -0.347 e. The van der Waals surface area contributed by atoms with Crippen molar-refractivity contribution in [3.8, 4) is 0 Å². The van der Waals surface area contributed by atoms with Crippen molar-refractivity contribution in [3.63, 3.8) is 0 Å². The van der Waals surface area contributed by atoms with E-state index in [1.54, 1.807) is 4.90 Å². The number of aryl methyl sites for hydroxylation is 1. The molecule has 4 aliphatic heterocycles. The van der Waals surface area contributed by atoms with Crippen LogP contribution < -0.4 is 5.32 Å². The van der Waals surface area contributed by atoms with E-state index in [9.17, 15) is 22.8 Å². The summed E-state index contributed by atoms with van der Waals surface area (Å²) in [5, 5.41) is 3.46. The fourth-order valence-electron chi connectivity index (χ4n) is 5.12. The normalized spacial score (nSPS) is 25.0. The maximum absolute atomic E-state index is 12.9. The van der Waals surface area contributed by atoms with Gasteiger partial charge in [0.2, 0.25) is 5.91 Å². The summed E-state index contributed by atoms with van der Waals surface area (Å²) in [6, 6.07) is 0.0196. The van der Waals surface area contributed by atoms with Crippen molar-refractivity contribution >= 4 is 23.3 Å². The monoisotopic (exact) mass is 429 g/mol. The molecule has 0 bridgehead atoms. The van der Waals surface area contributed by atoms with Crippen LogP contribution in [0.5, 0.6) is 0 Å². The van der Waals surface area contributed by atoms with Gasteiger partial charge in [-0.2, -0.15) is 13.2 Å². The van der Waals surface area contributed by atoms with Crippen LogP contribution in [0.25, 0.3) is 0 Å². The van der Waals surface area contributed by atoms with Crippen molar-refractivity contribution in [3.05, 3.63) is 15.6 Å². The summed E-state index contributed by atoms with van der Waals surface area (Å²) in [5.41, 5.74) is -0.915. The highest BCUT2D eigenvalue weighted by atomic mass is 32.1. The summed E-state index contributed by atoms with van der Waals surface area (Å²) >= 11 is 1.10. The van der Waals surface area contributed by atoms with Crippen LogP contribution >= 0.6 is 11.3 Å². The van der Waals surface area contributed by atoms with Crippen molar-refractivity contribution in [2.75, 3.05) is 39.3 Å². The third kappa shape index (κ3) is 3.18. The molecule has 1 N–H and O–H groups in total. The topological polar surface area (TPSA) is 68.8 Å². The first-order valence-corrected chi connectivity index (χ1v) is 10.5. The molecule has 5 rings (SSSR count). The quantitative estimate of drug-likeness (QED) is 0.777. The van der Waals surface area contributed by atoms with Crippen molar-refractivity contribution in [1.82, 2.24) is 25.0 Å². The molecule has 0 radical (unpaired) electrons. The molecule has 5 heterocycles. The Labute approximate surface area is 169 Å². The highest BCUT2D eigenvalue weighted by molar-refractivity contribution is 7.11. The molecule has 11 heteroatoms. The van der Waals surface area contributed by atoms with Crippen LogP contribution in [0.15, 0.2) is 0 Å². The molecule has 4 saturated heterocycles. The van der Waals surface area contributed by atoms with E-state index >= 15 is 0 Å². The second-order valence-corrected chi connectivity index (χ2v) is 10.3. The second-order valence-electron chi connectivity index (χ2n) is 8.98. The Morgan fingerprint density at radius 1 is 1.17 bits per heavy atom. The van der Waals surface area contributed by atoms with E-state index < -0.39 is 11.9 Å². The Hall–Kier alpha value is -1.88. The summed E-state index contributed by atoms with van der Waals surface area (Å²) in [4.78, 5) is 33.7. The number of nitrogens with one attached hydrogen (secondary N) is 1. The number of alkyl halides is 3. The summed E-state index contributed by atoms with van der Waals surface area (Å²) in [6.45, 7) is 5.95. The van der Waals surface area contributed by atoms with Crippen molar-refractivity contribution in [2.45, 2.75) is 38.0 Å². The van der Waals surface area contributed by atoms with E-state index in [1.807, 2.05) is 4.90 Å². The van der Waals surface area contributed by atoms with Crippen LogP contribution in [-0.4, -0.2) is 76.4 Å². The zero-order valence-corrected chi connectivity index (χ0v) is 16.8. The lowest BCUT2D eigenvalue weighted by Gasteiger charge is -2.61. The van der Waals surface area contributed by atoms with Gasteiger partial charge in [-0.15, -0.1) is 11.3 Å². The van der Waals surface area contributed by atoms with Crippen LogP contribution in [0.4, 0.5) is 18.0 Å². The fraction of sp³-hybridized carbons (Fsp3) is 0.722. The van der Waals surface area contributed by atoms with Gasteiger partial charge in [-0.3, -0.25) is 9.69 Å². The average Bonchev–Trinajstić information content (AvgIpc) is 3.09. The van der Waals surface area contributed by atoms with E-state index in [2.05, 4.69) is 15.2 Å². The largest absolute Gasteiger partial charge is 0.434 e. The number of hydrogen-bond acceptors (Lipinski definition) is 5. The molecule has 4 fully saturated rings. The summed E-state index contributed by atoms with van der Waals surface area (Å²) in [5.74, 6) is 0.0624. The van der Waals surface area contributed by atoms with E-state index in [1.165, 1.54) is 6.92 Å². The zero-order chi connectivity index (χ0) is 20.6. The van der Waals surface area contributed by atoms with E-state index in [-0.39, 0.29) is 27.8 Å². The Morgan fingerprint density at radius 2 is 1.83 bits per heavy atom. The van der Waals surface area contributed by atoms with E-state index in [4.69, 9.17) is 0 Å². The Balaban J connectivity index is 1.08. The molecule has 29 heavy (non-hydrogen) atoms. The molecule has 1 aromatic heterocycles. The molecule has 0 saturated carbocycles. The van der Waals surface area contributed by atoms with Gasteiger partial charge in [0.1, 0.15) is 5.01 Å². The number of carbonyl (C=O) groups excluding carboxylic acids is 2. The van der Waals surface area contributed by atoms with Gasteiger partial charge in [0, 0.05) is 56.0 Å². The lowest BCUT2D eigenvalue weighted by atomic mass is 9.73. The predicted molar refractivity (Wildman–Crippen MR) is 98.2 cm³/mol. The van der Waals surface area contributed by atoms with Gasteiger partial charge in [-0.25, -0.2) is 9.78 Å². The molecule has 2 spiro atoms. The van der Waals surface area contributed by atoms with Crippen LogP contribution in [0.3, 0.4) is 0 Å². The molecule has 1 aromatic rings. The predicted octanol–water partition coefficient (Wildman–Crippen LogP) is 1.67. The third-order valence-electron chi connectivity index (χ3n) is 6.40. The lowest BCUT2D eigenvalue weighted by Crippen LogP contribution is -2.76. The molecule has 0 aromatic carbocycles. The number of hydrogen-bond donors (Lipinski definition) is 1. The SMILES string of the molecule is Cc1sc(CN2CC3(C2)CN(C(=O)N2CC4(CCC(=O)N4)C2)C3)nc1C(F)(F)F. The number of likely N-dealkylation sites (tertiary alicyclic amines) is 3. The number of aromatic nitrogens is 1. The molecule has 0 aliphatic carbocycles. The molecular formula is C18H22F3N5O2S. The summed E-state index contributed by atoms with van der Waals surface area (Å²) < 4.78 is 38.7. The highest BCUT2D eigenvalue weighted by Gasteiger charge is 2.56. The number of carbonyl (C=O) groups is 2. The molecular weight excluding hydrogens is 407 g/mol. The fourth-order valence-corrected chi connectivity index (χ4v) is 6.11.